The molecule has 22 heavy (non-hydrogen) atoms. The molecule has 1 aromatic heterocycles. The largest absolute Gasteiger partial charge is 0.390 e. The van der Waals surface area contributed by atoms with Crippen LogP contribution in [0.3, 0.4) is 0 Å². The fourth-order valence-electron chi connectivity index (χ4n) is 3.01. The van der Waals surface area contributed by atoms with Gasteiger partial charge in [0, 0.05) is 45.8 Å². The highest BCUT2D eigenvalue weighted by Crippen LogP contribution is 2.06. The van der Waals surface area contributed by atoms with Crippen LogP contribution in [-0.2, 0) is 13.1 Å². The van der Waals surface area contributed by atoms with E-state index in [4.69, 9.17) is 0 Å². The summed E-state index contributed by atoms with van der Waals surface area (Å²) in [5.74, 6) is 1.91. The van der Waals surface area contributed by atoms with Crippen LogP contribution in [-0.4, -0.2) is 94.0 Å². The molecule has 2 rings (SSSR count). The lowest BCUT2D eigenvalue weighted by molar-refractivity contribution is 0.0587. The molecule has 0 spiro atoms. The van der Waals surface area contributed by atoms with Crippen LogP contribution < -0.4 is 0 Å². The summed E-state index contributed by atoms with van der Waals surface area (Å²) < 4.78 is 2.11. The number of rotatable bonds is 7. The maximum atomic E-state index is 10.3. The number of aliphatic hydroxyl groups is 1. The Balaban J connectivity index is 1.77. The van der Waals surface area contributed by atoms with Gasteiger partial charge in [0.25, 0.3) is 0 Å². The predicted molar refractivity (Wildman–Crippen MR) is 86.7 cm³/mol. The number of β-amino-alcohol motifs (C(OH)–C–C–N with tert-alkyl or cyclic N) is 1. The second kappa shape index (κ2) is 8.01. The van der Waals surface area contributed by atoms with Crippen LogP contribution in [0.4, 0.5) is 0 Å². The van der Waals surface area contributed by atoms with E-state index in [2.05, 4.69) is 43.4 Å². The third kappa shape index (κ3) is 4.74. The van der Waals surface area contributed by atoms with Crippen molar-refractivity contribution in [2.75, 3.05) is 53.4 Å². The summed E-state index contributed by atoms with van der Waals surface area (Å²) in [6.07, 6.45) is -0.326. The molecule has 0 bridgehead atoms. The average Bonchev–Trinajstić information content (AvgIpc) is 2.81. The molecule has 1 unspecified atom stereocenters. The summed E-state index contributed by atoms with van der Waals surface area (Å²) in [6, 6.07) is 0. The summed E-state index contributed by atoms with van der Waals surface area (Å²) in [5, 5.41) is 18.7. The van der Waals surface area contributed by atoms with Crippen LogP contribution in [0.5, 0.6) is 0 Å². The Morgan fingerprint density at radius 1 is 1.23 bits per heavy atom. The Hall–Kier alpha value is -1.02. The number of piperazine rings is 1. The van der Waals surface area contributed by atoms with Gasteiger partial charge in [-0.05, 0) is 27.9 Å². The zero-order valence-corrected chi connectivity index (χ0v) is 14.4. The minimum absolute atomic E-state index is 0.326. The fraction of sp³-hybridized carbons (Fsp3) is 0.867. The van der Waals surface area contributed by atoms with Crippen LogP contribution in [0.25, 0.3) is 0 Å². The molecule has 0 amide bonds. The summed E-state index contributed by atoms with van der Waals surface area (Å²) in [5.41, 5.74) is 0. The number of hydrogen-bond donors (Lipinski definition) is 1. The molecule has 1 fully saturated rings. The van der Waals surface area contributed by atoms with Crippen molar-refractivity contribution in [2.24, 2.45) is 0 Å². The van der Waals surface area contributed by atoms with Gasteiger partial charge in [0.05, 0.1) is 12.6 Å². The maximum absolute atomic E-state index is 10.3. The van der Waals surface area contributed by atoms with Crippen molar-refractivity contribution in [3.05, 3.63) is 11.6 Å². The highest BCUT2D eigenvalue weighted by molar-refractivity contribution is 4.93. The second-order valence-corrected chi connectivity index (χ2v) is 6.36. The van der Waals surface area contributed by atoms with Gasteiger partial charge in [-0.15, -0.1) is 10.2 Å². The second-order valence-electron chi connectivity index (χ2n) is 6.36. The number of aromatic nitrogens is 3. The summed E-state index contributed by atoms with van der Waals surface area (Å²) in [4.78, 5) is 6.79. The molecule has 0 saturated carbocycles. The van der Waals surface area contributed by atoms with Crippen molar-refractivity contribution in [1.29, 1.82) is 0 Å². The van der Waals surface area contributed by atoms with E-state index in [1.807, 2.05) is 14.0 Å². The number of aliphatic hydroxyl groups excluding tert-OH is 1. The number of aryl methyl sites for hydroxylation is 1. The SMILES string of the molecule is CCn1c(C)nnc1CN(C)CC(O)CN1CCN(C)CC1. The van der Waals surface area contributed by atoms with Crippen molar-refractivity contribution in [1.82, 2.24) is 29.5 Å². The first-order chi connectivity index (χ1) is 10.5. The number of likely N-dealkylation sites (N-methyl/N-ethyl adjacent to an activating group) is 2. The molecule has 0 radical (unpaired) electrons. The van der Waals surface area contributed by atoms with Crippen molar-refractivity contribution in [3.63, 3.8) is 0 Å². The molecule has 0 aliphatic carbocycles. The summed E-state index contributed by atoms with van der Waals surface area (Å²) in [7, 11) is 4.17. The Bertz CT molecular complexity index is 455. The van der Waals surface area contributed by atoms with E-state index in [1.54, 1.807) is 0 Å². The van der Waals surface area contributed by atoms with Gasteiger partial charge in [-0.3, -0.25) is 9.80 Å². The Kier molecular flexibility index (Phi) is 6.31. The van der Waals surface area contributed by atoms with Crippen LogP contribution in [0.1, 0.15) is 18.6 Å². The highest BCUT2D eigenvalue weighted by atomic mass is 16.3. The van der Waals surface area contributed by atoms with Gasteiger partial charge >= 0.3 is 0 Å². The van der Waals surface area contributed by atoms with E-state index in [1.165, 1.54) is 0 Å². The first kappa shape index (κ1) is 17.3. The maximum Gasteiger partial charge on any atom is 0.147 e. The minimum Gasteiger partial charge on any atom is -0.390 e. The van der Waals surface area contributed by atoms with Gasteiger partial charge in [-0.25, -0.2) is 0 Å². The lowest BCUT2D eigenvalue weighted by Gasteiger charge is -2.34. The van der Waals surface area contributed by atoms with E-state index in [-0.39, 0.29) is 6.10 Å². The Morgan fingerprint density at radius 3 is 2.55 bits per heavy atom. The summed E-state index contributed by atoms with van der Waals surface area (Å²) in [6.45, 7) is 11.3. The lowest BCUT2D eigenvalue weighted by atomic mass is 10.2. The molecule has 1 N–H and O–H groups in total. The predicted octanol–water partition coefficient (Wildman–Crippen LogP) is -0.353. The van der Waals surface area contributed by atoms with Crippen LogP contribution in [0.15, 0.2) is 0 Å². The van der Waals surface area contributed by atoms with Crippen molar-refractivity contribution >= 4 is 0 Å². The fourth-order valence-corrected chi connectivity index (χ4v) is 3.01. The number of hydrogen-bond acceptors (Lipinski definition) is 6. The molecule has 1 atom stereocenters. The van der Waals surface area contributed by atoms with Crippen LogP contribution in [0.2, 0.25) is 0 Å². The average molecular weight is 310 g/mol. The van der Waals surface area contributed by atoms with Crippen LogP contribution in [0, 0.1) is 6.92 Å². The molecule has 126 valence electrons. The smallest absolute Gasteiger partial charge is 0.147 e. The topological polar surface area (TPSA) is 60.7 Å². The van der Waals surface area contributed by atoms with Crippen molar-refractivity contribution < 1.29 is 5.11 Å². The van der Waals surface area contributed by atoms with Gasteiger partial charge in [-0.1, -0.05) is 0 Å². The molecule has 7 heteroatoms. The lowest BCUT2D eigenvalue weighted by Crippen LogP contribution is -2.48. The molecule has 1 aliphatic heterocycles. The third-order valence-corrected chi connectivity index (χ3v) is 4.33. The normalized spacial score (nSPS) is 19.0. The molecule has 0 aromatic carbocycles. The zero-order chi connectivity index (χ0) is 16.1. The van der Waals surface area contributed by atoms with Crippen molar-refractivity contribution in [2.45, 2.75) is 33.0 Å². The highest BCUT2D eigenvalue weighted by Gasteiger charge is 2.18. The zero-order valence-electron chi connectivity index (χ0n) is 14.4. The monoisotopic (exact) mass is 310 g/mol. The minimum atomic E-state index is -0.326. The first-order valence-corrected chi connectivity index (χ1v) is 8.15. The van der Waals surface area contributed by atoms with Gasteiger partial charge in [-0.2, -0.15) is 0 Å². The Morgan fingerprint density at radius 2 is 1.91 bits per heavy atom. The van der Waals surface area contributed by atoms with E-state index >= 15 is 0 Å². The first-order valence-electron chi connectivity index (χ1n) is 8.15. The molecule has 1 aliphatic rings. The standard InChI is InChI=1S/C15H30N6O/c1-5-21-13(2)16-17-15(21)12-19(4)10-14(22)11-20-8-6-18(3)7-9-20/h14,22H,5-12H2,1-4H3. The van der Waals surface area contributed by atoms with Crippen LogP contribution >= 0.6 is 0 Å². The summed E-state index contributed by atoms with van der Waals surface area (Å²) >= 11 is 0. The molecule has 1 aromatic rings. The molecule has 7 nitrogen and oxygen atoms in total. The number of nitrogens with zero attached hydrogens (tertiary/aromatic N) is 6. The van der Waals surface area contributed by atoms with Gasteiger partial charge in [0.1, 0.15) is 11.6 Å². The quantitative estimate of drug-likeness (QED) is 0.743. The van der Waals surface area contributed by atoms with E-state index < -0.39 is 0 Å². The van der Waals surface area contributed by atoms with Gasteiger partial charge in [0.2, 0.25) is 0 Å². The van der Waals surface area contributed by atoms with Crippen molar-refractivity contribution in [3.8, 4) is 0 Å². The van der Waals surface area contributed by atoms with Gasteiger partial charge in [0.15, 0.2) is 0 Å². The third-order valence-electron chi connectivity index (χ3n) is 4.33. The van der Waals surface area contributed by atoms with E-state index in [0.29, 0.717) is 13.1 Å². The van der Waals surface area contributed by atoms with E-state index in [9.17, 15) is 5.11 Å². The molecule has 2 heterocycles. The Labute approximate surface area is 133 Å². The van der Waals surface area contributed by atoms with E-state index in [0.717, 1.165) is 50.9 Å². The molecule has 1 saturated heterocycles. The molecular formula is C15H30N6O. The molecular weight excluding hydrogens is 280 g/mol. The van der Waals surface area contributed by atoms with Gasteiger partial charge < -0.3 is 14.6 Å².